The molecule has 0 aliphatic rings. The van der Waals surface area contributed by atoms with Crippen LogP contribution in [0, 0.1) is 5.92 Å². The summed E-state index contributed by atoms with van der Waals surface area (Å²) >= 11 is 1.74. The molecular weight excluding hydrogens is 276 g/mol. The van der Waals surface area contributed by atoms with Crippen molar-refractivity contribution in [2.24, 2.45) is 5.92 Å². The Balaban J connectivity index is 4.51. The van der Waals surface area contributed by atoms with Crippen LogP contribution in [0.1, 0.15) is 47.0 Å². The van der Waals surface area contributed by atoms with Crippen molar-refractivity contribution in [3.05, 3.63) is 0 Å². The molecule has 0 bridgehead atoms. The number of hydrogen-bond donors (Lipinski definition) is 3. The van der Waals surface area contributed by atoms with E-state index in [4.69, 9.17) is 5.11 Å². The van der Waals surface area contributed by atoms with Crippen molar-refractivity contribution in [2.75, 3.05) is 12.8 Å². The number of urea groups is 1. The minimum absolute atomic E-state index is 0.0203. The van der Waals surface area contributed by atoms with Crippen molar-refractivity contribution < 1.29 is 14.7 Å². The molecule has 3 N–H and O–H groups in total. The monoisotopic (exact) mass is 304 g/mol. The standard InChI is InChI=1S/C14H28N2O3S/c1-6-10(4)11(12(17)18)16-13(19)15-9-14(7-2,8-3)20-5/h10-11H,6-9H2,1-5H3,(H,17,18)(H2,15,16,19)/t10-,11-/m0/s1. The molecule has 20 heavy (non-hydrogen) atoms. The lowest BCUT2D eigenvalue weighted by molar-refractivity contribution is -0.140. The highest BCUT2D eigenvalue weighted by Gasteiger charge is 2.28. The first-order valence-corrected chi connectivity index (χ1v) is 8.40. The van der Waals surface area contributed by atoms with E-state index in [0.717, 1.165) is 12.8 Å². The number of thioether (sulfide) groups is 1. The fraction of sp³-hybridized carbons (Fsp3) is 0.857. The van der Waals surface area contributed by atoms with E-state index >= 15 is 0 Å². The lowest BCUT2D eigenvalue weighted by Crippen LogP contribution is -2.51. The van der Waals surface area contributed by atoms with Gasteiger partial charge in [0.25, 0.3) is 0 Å². The first kappa shape index (κ1) is 19.1. The summed E-state index contributed by atoms with van der Waals surface area (Å²) in [6.07, 6.45) is 4.65. The van der Waals surface area contributed by atoms with Gasteiger partial charge in [-0.2, -0.15) is 11.8 Å². The van der Waals surface area contributed by atoms with Crippen molar-refractivity contribution in [3.8, 4) is 0 Å². The summed E-state index contributed by atoms with van der Waals surface area (Å²) in [5.74, 6) is -1.09. The van der Waals surface area contributed by atoms with Crippen LogP contribution >= 0.6 is 11.8 Å². The van der Waals surface area contributed by atoms with E-state index in [1.165, 1.54) is 0 Å². The van der Waals surface area contributed by atoms with Gasteiger partial charge in [-0.05, 0) is 25.0 Å². The third kappa shape index (κ3) is 5.61. The molecule has 2 atom stereocenters. The molecule has 0 spiro atoms. The van der Waals surface area contributed by atoms with Gasteiger partial charge in [0, 0.05) is 11.3 Å². The maximum absolute atomic E-state index is 11.9. The van der Waals surface area contributed by atoms with Gasteiger partial charge in [-0.3, -0.25) is 0 Å². The quantitative estimate of drug-likeness (QED) is 0.612. The van der Waals surface area contributed by atoms with E-state index in [1.54, 1.807) is 11.8 Å². The van der Waals surface area contributed by atoms with Crippen LogP contribution in [-0.4, -0.2) is 40.7 Å². The Morgan fingerprint density at radius 3 is 2.15 bits per heavy atom. The van der Waals surface area contributed by atoms with Crippen molar-refractivity contribution in [1.29, 1.82) is 0 Å². The zero-order valence-corrected chi connectivity index (χ0v) is 14.0. The number of nitrogens with one attached hydrogen (secondary N) is 2. The van der Waals surface area contributed by atoms with Gasteiger partial charge in [-0.15, -0.1) is 0 Å². The molecule has 118 valence electrons. The van der Waals surface area contributed by atoms with E-state index in [1.807, 2.05) is 20.1 Å². The predicted octanol–water partition coefficient (Wildman–Crippen LogP) is 2.71. The molecule has 5 nitrogen and oxygen atoms in total. The van der Waals surface area contributed by atoms with Crippen LogP contribution < -0.4 is 10.6 Å². The SMILES string of the molecule is CC[C@H](C)[C@H](NC(=O)NCC(CC)(CC)SC)C(=O)O. The molecule has 0 heterocycles. The Morgan fingerprint density at radius 2 is 1.80 bits per heavy atom. The minimum atomic E-state index is -0.989. The van der Waals surface area contributed by atoms with Gasteiger partial charge in [0.1, 0.15) is 6.04 Å². The summed E-state index contributed by atoms with van der Waals surface area (Å²) in [5, 5.41) is 14.5. The molecule has 6 heteroatoms. The number of carboxylic acids is 1. The molecule has 0 unspecified atom stereocenters. The van der Waals surface area contributed by atoms with Gasteiger partial charge in [-0.1, -0.05) is 34.1 Å². The highest BCUT2D eigenvalue weighted by Crippen LogP contribution is 2.29. The smallest absolute Gasteiger partial charge is 0.326 e. The normalized spacial score (nSPS) is 14.4. The Morgan fingerprint density at radius 1 is 1.25 bits per heavy atom. The van der Waals surface area contributed by atoms with Gasteiger partial charge < -0.3 is 15.7 Å². The fourth-order valence-electron chi connectivity index (χ4n) is 1.98. The van der Waals surface area contributed by atoms with Gasteiger partial charge in [0.05, 0.1) is 0 Å². The Hall–Kier alpha value is -0.910. The Bertz CT molecular complexity index is 311. The zero-order valence-electron chi connectivity index (χ0n) is 13.2. The van der Waals surface area contributed by atoms with Crippen LogP contribution in [-0.2, 0) is 4.79 Å². The minimum Gasteiger partial charge on any atom is -0.480 e. The maximum Gasteiger partial charge on any atom is 0.326 e. The van der Waals surface area contributed by atoms with Crippen molar-refractivity contribution in [2.45, 2.75) is 57.7 Å². The largest absolute Gasteiger partial charge is 0.480 e. The number of amides is 2. The second kappa shape index (κ2) is 9.10. The van der Waals surface area contributed by atoms with Crippen molar-refractivity contribution in [1.82, 2.24) is 10.6 Å². The molecule has 0 aromatic heterocycles. The molecule has 0 aromatic carbocycles. The molecule has 0 fully saturated rings. The third-order valence-electron chi connectivity index (χ3n) is 4.06. The summed E-state index contributed by atoms with van der Waals surface area (Å²) in [7, 11) is 0. The highest BCUT2D eigenvalue weighted by atomic mass is 32.2. The van der Waals surface area contributed by atoms with Gasteiger partial charge in [-0.25, -0.2) is 9.59 Å². The summed E-state index contributed by atoms with van der Waals surface area (Å²) in [6.45, 7) is 8.47. The molecule has 0 saturated carbocycles. The number of rotatable bonds is 9. The van der Waals surface area contributed by atoms with Crippen LogP contribution in [0.25, 0.3) is 0 Å². The van der Waals surface area contributed by atoms with Crippen LogP contribution in [0.4, 0.5) is 4.79 Å². The summed E-state index contributed by atoms with van der Waals surface area (Å²) in [6, 6.07) is -1.25. The second-order valence-corrected chi connectivity index (χ2v) is 6.40. The van der Waals surface area contributed by atoms with E-state index in [9.17, 15) is 9.59 Å². The second-order valence-electron chi connectivity index (χ2n) is 5.12. The highest BCUT2D eigenvalue weighted by molar-refractivity contribution is 8.00. The maximum atomic E-state index is 11.9. The number of hydrogen-bond acceptors (Lipinski definition) is 3. The fourth-order valence-corrected chi connectivity index (χ4v) is 2.77. The number of carbonyl (C=O) groups is 2. The van der Waals surface area contributed by atoms with Crippen LogP contribution in [0.2, 0.25) is 0 Å². The van der Waals surface area contributed by atoms with Gasteiger partial charge in [0.2, 0.25) is 0 Å². The zero-order chi connectivity index (χ0) is 15.8. The lowest BCUT2D eigenvalue weighted by atomic mass is 9.99. The average molecular weight is 304 g/mol. The molecule has 0 aliphatic carbocycles. The van der Waals surface area contributed by atoms with E-state index < -0.39 is 18.0 Å². The molecule has 0 radical (unpaired) electrons. The van der Waals surface area contributed by atoms with Gasteiger partial charge in [0.15, 0.2) is 0 Å². The molecule has 0 aliphatic heterocycles. The number of carboxylic acid groups (broad SMARTS) is 1. The van der Waals surface area contributed by atoms with Crippen LogP contribution in [0.3, 0.4) is 0 Å². The number of aliphatic carboxylic acids is 1. The summed E-state index contributed by atoms with van der Waals surface area (Å²) < 4.78 is 0.0203. The predicted molar refractivity (Wildman–Crippen MR) is 84.2 cm³/mol. The molecule has 0 saturated heterocycles. The van der Waals surface area contributed by atoms with Crippen molar-refractivity contribution in [3.63, 3.8) is 0 Å². The van der Waals surface area contributed by atoms with Crippen molar-refractivity contribution >= 4 is 23.8 Å². The van der Waals surface area contributed by atoms with Gasteiger partial charge >= 0.3 is 12.0 Å². The topological polar surface area (TPSA) is 78.4 Å². The van der Waals surface area contributed by atoms with E-state index in [-0.39, 0.29) is 10.7 Å². The van der Waals surface area contributed by atoms with Crippen LogP contribution in [0.5, 0.6) is 0 Å². The van der Waals surface area contributed by atoms with Crippen LogP contribution in [0.15, 0.2) is 0 Å². The Kier molecular flexibility index (Phi) is 8.69. The first-order valence-electron chi connectivity index (χ1n) is 7.18. The summed E-state index contributed by atoms with van der Waals surface area (Å²) in [5.41, 5.74) is 0. The average Bonchev–Trinajstić information content (AvgIpc) is 2.45. The third-order valence-corrected chi connectivity index (χ3v) is 5.65. The summed E-state index contributed by atoms with van der Waals surface area (Å²) in [4.78, 5) is 23.0. The molecule has 2 amide bonds. The molecule has 0 rings (SSSR count). The molecule has 0 aromatic rings. The Labute approximate surface area is 126 Å². The molecular formula is C14H28N2O3S. The lowest BCUT2D eigenvalue weighted by Gasteiger charge is -2.30. The number of carbonyl (C=O) groups excluding carboxylic acids is 1. The first-order chi connectivity index (χ1) is 9.35. The van der Waals surface area contributed by atoms with E-state index in [0.29, 0.717) is 13.0 Å². The van der Waals surface area contributed by atoms with E-state index in [2.05, 4.69) is 24.5 Å².